The number of imidazole rings is 1. The summed E-state index contributed by atoms with van der Waals surface area (Å²) in [5.74, 6) is -0.328. The molecule has 1 N–H and O–H groups in total. The fourth-order valence-electron chi connectivity index (χ4n) is 3.14. The van der Waals surface area contributed by atoms with E-state index in [2.05, 4.69) is 41.8 Å². The van der Waals surface area contributed by atoms with E-state index in [0.717, 1.165) is 5.82 Å². The maximum Gasteiger partial charge on any atom is 0.179 e. The van der Waals surface area contributed by atoms with Crippen LogP contribution in [-0.2, 0) is 6.54 Å². The van der Waals surface area contributed by atoms with Crippen molar-refractivity contribution >= 4 is 37.6 Å². The van der Waals surface area contributed by atoms with Gasteiger partial charge < -0.3 is 14.4 Å². The molecule has 0 bridgehead atoms. The van der Waals surface area contributed by atoms with Gasteiger partial charge in [0.1, 0.15) is 12.4 Å². The summed E-state index contributed by atoms with van der Waals surface area (Å²) >= 11 is 6.15. The SMILES string of the molecule is Fc1c(Br)ccc2c1OCCn1ccnc1-2.Oc1c(C2=NC=CC2)ccc(Br)c1F. The van der Waals surface area contributed by atoms with E-state index in [1.165, 1.54) is 0 Å². The monoisotopic (exact) mass is 537 g/mol. The lowest BCUT2D eigenvalue weighted by Crippen LogP contribution is -2.04. The number of hydrogen-bond acceptors (Lipinski definition) is 4. The van der Waals surface area contributed by atoms with Crippen molar-refractivity contribution in [2.24, 2.45) is 4.99 Å². The molecule has 3 aromatic rings. The number of ether oxygens (including phenoxy) is 1. The molecule has 9 heteroatoms. The molecular formula is C21H15Br2F2N3O2. The molecule has 0 unspecified atom stereocenters. The topological polar surface area (TPSA) is 59.6 Å². The van der Waals surface area contributed by atoms with E-state index in [1.807, 2.05) is 22.9 Å². The minimum atomic E-state index is -0.642. The highest BCUT2D eigenvalue weighted by Crippen LogP contribution is 2.36. The Morgan fingerprint density at radius 1 is 1.03 bits per heavy atom. The Labute approximate surface area is 188 Å². The number of fused-ring (bicyclic) bond motifs is 3. The molecule has 1 aromatic heterocycles. The van der Waals surface area contributed by atoms with Gasteiger partial charge >= 0.3 is 0 Å². The number of aliphatic imine (C=N–C) groups is 1. The minimum absolute atomic E-state index is 0.255. The van der Waals surface area contributed by atoms with Crippen LogP contribution in [0.5, 0.6) is 11.5 Å². The molecule has 5 rings (SSSR count). The average Bonchev–Trinajstić information content (AvgIpc) is 3.40. The molecule has 0 atom stereocenters. The summed E-state index contributed by atoms with van der Waals surface area (Å²) in [6, 6.07) is 6.69. The number of rotatable bonds is 1. The normalized spacial score (nSPS) is 14.1. The summed E-state index contributed by atoms with van der Waals surface area (Å²) in [4.78, 5) is 8.26. The van der Waals surface area contributed by atoms with Crippen molar-refractivity contribution in [3.05, 3.63) is 75.1 Å². The molecule has 30 heavy (non-hydrogen) atoms. The molecular weight excluding hydrogens is 524 g/mol. The van der Waals surface area contributed by atoms with Crippen LogP contribution in [0.1, 0.15) is 12.0 Å². The largest absolute Gasteiger partial charge is 0.504 e. The maximum atomic E-state index is 13.9. The number of hydrogen-bond donors (Lipinski definition) is 1. The van der Waals surface area contributed by atoms with Gasteiger partial charge in [-0.05, 0) is 56.1 Å². The Hall–Kier alpha value is -2.52. The smallest absolute Gasteiger partial charge is 0.179 e. The predicted octanol–water partition coefficient (Wildman–Crippen LogP) is 5.84. The first-order chi connectivity index (χ1) is 14.5. The van der Waals surface area contributed by atoms with Crippen LogP contribution in [0.2, 0.25) is 0 Å². The zero-order valence-corrected chi connectivity index (χ0v) is 18.6. The van der Waals surface area contributed by atoms with Gasteiger partial charge in [0.15, 0.2) is 23.1 Å². The Bertz CT molecular complexity index is 1180. The summed E-state index contributed by atoms with van der Waals surface area (Å²) in [6.45, 7) is 1.13. The Morgan fingerprint density at radius 3 is 2.50 bits per heavy atom. The van der Waals surface area contributed by atoms with Crippen molar-refractivity contribution in [1.29, 1.82) is 0 Å². The third kappa shape index (κ3) is 3.91. The van der Waals surface area contributed by atoms with Crippen LogP contribution < -0.4 is 4.74 Å². The molecule has 0 amide bonds. The molecule has 2 aliphatic heterocycles. The first kappa shape index (κ1) is 20.7. The minimum Gasteiger partial charge on any atom is -0.504 e. The van der Waals surface area contributed by atoms with Crippen molar-refractivity contribution < 1.29 is 18.6 Å². The number of phenols is 1. The second kappa shape index (κ2) is 8.69. The fourth-order valence-corrected chi connectivity index (χ4v) is 3.77. The van der Waals surface area contributed by atoms with Gasteiger partial charge in [-0.15, -0.1) is 0 Å². The van der Waals surface area contributed by atoms with Crippen LogP contribution in [0.15, 0.2) is 62.9 Å². The van der Waals surface area contributed by atoms with Crippen molar-refractivity contribution in [2.45, 2.75) is 13.0 Å². The highest BCUT2D eigenvalue weighted by Gasteiger charge is 2.21. The van der Waals surface area contributed by atoms with Crippen molar-refractivity contribution in [3.63, 3.8) is 0 Å². The lowest BCUT2D eigenvalue weighted by Gasteiger charge is -2.08. The van der Waals surface area contributed by atoms with Crippen molar-refractivity contribution in [1.82, 2.24) is 9.55 Å². The molecule has 2 aromatic carbocycles. The van der Waals surface area contributed by atoms with Crippen molar-refractivity contribution in [2.75, 3.05) is 6.61 Å². The van der Waals surface area contributed by atoms with Crippen LogP contribution >= 0.6 is 31.9 Å². The molecule has 3 heterocycles. The van der Waals surface area contributed by atoms with Crippen molar-refractivity contribution in [3.8, 4) is 22.9 Å². The van der Waals surface area contributed by atoms with E-state index in [1.54, 1.807) is 30.6 Å². The van der Waals surface area contributed by atoms with Crippen LogP contribution in [-0.4, -0.2) is 27.0 Å². The summed E-state index contributed by atoms with van der Waals surface area (Å²) in [5, 5.41) is 9.53. The highest BCUT2D eigenvalue weighted by atomic mass is 79.9. The first-order valence-electron chi connectivity index (χ1n) is 8.98. The summed E-state index contributed by atoms with van der Waals surface area (Å²) in [5.41, 5.74) is 1.84. The number of phenolic OH excluding ortho intramolecular Hbond substituents is 1. The lowest BCUT2D eigenvalue weighted by molar-refractivity contribution is 0.292. The van der Waals surface area contributed by atoms with Gasteiger partial charge in [-0.3, -0.25) is 4.99 Å². The first-order valence-corrected chi connectivity index (χ1v) is 10.6. The number of aromatic nitrogens is 2. The molecule has 0 saturated heterocycles. The van der Waals surface area contributed by atoms with Gasteiger partial charge in [0.2, 0.25) is 0 Å². The summed E-state index contributed by atoms with van der Waals surface area (Å²) < 4.78 is 35.2. The molecule has 0 spiro atoms. The highest BCUT2D eigenvalue weighted by molar-refractivity contribution is 9.10. The van der Waals surface area contributed by atoms with Gasteiger partial charge in [-0.2, -0.15) is 0 Å². The van der Waals surface area contributed by atoms with Gasteiger partial charge in [0.05, 0.1) is 26.8 Å². The van der Waals surface area contributed by atoms with E-state index in [0.29, 0.717) is 40.9 Å². The Morgan fingerprint density at radius 2 is 1.77 bits per heavy atom. The number of benzene rings is 2. The van der Waals surface area contributed by atoms with E-state index in [4.69, 9.17) is 4.74 Å². The molecule has 5 nitrogen and oxygen atoms in total. The predicted molar refractivity (Wildman–Crippen MR) is 117 cm³/mol. The second-order valence-corrected chi connectivity index (χ2v) is 8.16. The van der Waals surface area contributed by atoms with Crippen LogP contribution in [0.3, 0.4) is 0 Å². The number of halogens is 4. The third-order valence-corrected chi connectivity index (χ3v) is 5.84. The van der Waals surface area contributed by atoms with Gasteiger partial charge in [0.25, 0.3) is 0 Å². The zero-order chi connectivity index (χ0) is 21.3. The fraction of sp³-hybridized carbons (Fsp3) is 0.143. The van der Waals surface area contributed by atoms with E-state index in [9.17, 15) is 13.9 Å². The standard InChI is InChI=1S/C11H8BrFN2O.C10H7BrFNO/c12-8-2-1-7-10(9(8)13)16-6-5-15-4-3-14-11(7)15;11-7-4-3-6(10(14)9(7)12)8-2-1-5-13-8/h1-4H,5-6H2;1,3-5,14H,2H2. The quantitative estimate of drug-likeness (QED) is 0.423. The third-order valence-electron chi connectivity index (χ3n) is 4.61. The summed E-state index contributed by atoms with van der Waals surface area (Å²) in [7, 11) is 0. The number of aromatic hydroxyl groups is 1. The van der Waals surface area contributed by atoms with Gasteiger partial charge in [-0.1, -0.05) is 6.08 Å². The van der Waals surface area contributed by atoms with Gasteiger partial charge in [-0.25, -0.2) is 13.8 Å². The van der Waals surface area contributed by atoms with E-state index < -0.39 is 5.82 Å². The van der Waals surface area contributed by atoms with Crippen LogP contribution in [0.25, 0.3) is 11.4 Å². The lowest BCUT2D eigenvalue weighted by atomic mass is 10.1. The second-order valence-electron chi connectivity index (χ2n) is 6.45. The van der Waals surface area contributed by atoms with Crippen LogP contribution in [0, 0.1) is 11.6 Å². The molecule has 2 aliphatic rings. The molecule has 0 radical (unpaired) electrons. The average molecular weight is 539 g/mol. The molecule has 154 valence electrons. The number of allylic oxidation sites excluding steroid dienone is 1. The molecule has 0 aliphatic carbocycles. The van der Waals surface area contributed by atoms with E-state index in [-0.39, 0.29) is 21.8 Å². The molecule has 0 fully saturated rings. The number of nitrogens with zero attached hydrogens (tertiary/aromatic N) is 3. The van der Waals surface area contributed by atoms with E-state index >= 15 is 0 Å². The maximum absolute atomic E-state index is 13.9. The Balaban J connectivity index is 0.000000147. The summed E-state index contributed by atoms with van der Waals surface area (Å²) in [6.07, 6.45) is 7.72. The van der Waals surface area contributed by atoms with Crippen LogP contribution in [0.4, 0.5) is 8.78 Å². The molecule has 0 saturated carbocycles. The van der Waals surface area contributed by atoms with Gasteiger partial charge in [0, 0.05) is 30.6 Å². The zero-order valence-electron chi connectivity index (χ0n) is 15.4. The Kier molecular flexibility index (Phi) is 6.01.